The van der Waals surface area contributed by atoms with Crippen molar-refractivity contribution in [1.29, 1.82) is 0 Å². The van der Waals surface area contributed by atoms with E-state index in [1.54, 1.807) is 0 Å². The summed E-state index contributed by atoms with van der Waals surface area (Å²) >= 11 is 1.20. The molecule has 3 heterocycles. The lowest BCUT2D eigenvalue weighted by Gasteiger charge is -2.23. The number of benzene rings is 9. The Labute approximate surface area is 394 Å². The van der Waals surface area contributed by atoms with Crippen LogP contribution >= 0.6 is 11.9 Å². The van der Waals surface area contributed by atoms with Crippen molar-refractivity contribution in [2.75, 3.05) is 0 Å². The van der Waals surface area contributed by atoms with Gasteiger partial charge in [0.25, 0.3) is 0 Å². The molecule has 2 N–H and O–H groups in total. The maximum Gasteiger partial charge on any atom is 0.135 e. The van der Waals surface area contributed by atoms with E-state index in [1.807, 2.05) is 54.6 Å². The van der Waals surface area contributed by atoms with Crippen molar-refractivity contribution >= 4 is 82.5 Å². The van der Waals surface area contributed by atoms with Gasteiger partial charge in [-0.1, -0.05) is 160 Å². The lowest BCUT2D eigenvalue weighted by atomic mass is 9.81. The molecule has 0 spiro atoms. The van der Waals surface area contributed by atoms with Crippen LogP contribution in [0.3, 0.4) is 0 Å². The molecular formula is C61H50N4OS. The standard InChI is InChI=1S/C46H34N2O.C15H16N2S/c1-46(2,3)39-28-45-38(34-17-9-12-20-44(34)49-45)27-35(39)29-21-23-42-36(25-29)32-15-7-11-19-41(32)48(42)31-22-24-43-37(26-31)33-16-8-10-18-40(33)47(43)30-13-5-4-6-14-30;1-12(13-8-4-2-5-9-13)17-15(18-16)14-10-6-3-7-11-14/h4-28H,1-3H3;2-12H,16H2,1H3. The molecule has 5 nitrogen and oxygen atoms in total. The fraction of sp³-hybridized carbons (Fsp3) is 0.0984. The van der Waals surface area contributed by atoms with E-state index in [0.29, 0.717) is 0 Å². The van der Waals surface area contributed by atoms with Gasteiger partial charge in [-0.15, -0.1) is 0 Å². The van der Waals surface area contributed by atoms with Crippen LogP contribution in [0, 0.1) is 0 Å². The Morgan fingerprint density at radius 3 is 1.69 bits per heavy atom. The third-order valence-corrected chi connectivity index (χ3v) is 13.5. The van der Waals surface area contributed by atoms with Gasteiger partial charge in [-0.05, 0) is 119 Å². The van der Waals surface area contributed by atoms with Crippen LogP contribution < -0.4 is 5.14 Å². The van der Waals surface area contributed by atoms with Crippen molar-refractivity contribution in [2.24, 2.45) is 10.1 Å². The molecule has 0 radical (unpaired) electrons. The molecule has 0 amide bonds. The molecule has 0 saturated carbocycles. The number of aromatic nitrogens is 2. The highest BCUT2D eigenvalue weighted by Gasteiger charge is 2.23. The van der Waals surface area contributed by atoms with E-state index in [0.717, 1.165) is 38.2 Å². The third-order valence-electron chi connectivity index (χ3n) is 13.0. The number of hydrogen-bond acceptors (Lipinski definition) is 4. The molecule has 12 aromatic rings. The summed E-state index contributed by atoms with van der Waals surface area (Å²) in [5.41, 5.74) is 14.9. The number of rotatable bonds is 6. The van der Waals surface area contributed by atoms with Crippen LogP contribution in [0.2, 0.25) is 0 Å². The number of hydrogen-bond donors (Lipinski definition) is 1. The SMILES string of the molecule is CC(C)(C)c1cc2oc3ccccc3c2cc1-c1ccc2c(c1)c1ccccc1n2-c1ccc2c(c1)c1ccccc1n2-c1ccccc1.CC(N=C(SN)c1ccccc1)c1ccccc1. The highest BCUT2D eigenvalue weighted by atomic mass is 32.2. The summed E-state index contributed by atoms with van der Waals surface area (Å²) in [6, 6.07) is 75.4. The van der Waals surface area contributed by atoms with Crippen LogP contribution in [0.25, 0.3) is 88.1 Å². The van der Waals surface area contributed by atoms with Crippen LogP contribution in [0.5, 0.6) is 0 Å². The van der Waals surface area contributed by atoms with Gasteiger partial charge >= 0.3 is 0 Å². The second kappa shape index (κ2) is 17.3. The third kappa shape index (κ3) is 7.68. The molecule has 6 heteroatoms. The minimum Gasteiger partial charge on any atom is -0.456 e. The molecule has 0 aliphatic rings. The Hall–Kier alpha value is -7.64. The van der Waals surface area contributed by atoms with Gasteiger partial charge in [0, 0.05) is 49.3 Å². The van der Waals surface area contributed by atoms with Crippen LogP contribution in [-0.2, 0) is 5.41 Å². The fourth-order valence-corrected chi connectivity index (χ4v) is 10.2. The fourth-order valence-electron chi connectivity index (χ4n) is 9.74. The predicted octanol–water partition coefficient (Wildman–Crippen LogP) is 16.5. The van der Waals surface area contributed by atoms with E-state index in [4.69, 9.17) is 14.5 Å². The van der Waals surface area contributed by atoms with Crippen LogP contribution in [0.4, 0.5) is 0 Å². The van der Waals surface area contributed by atoms with Crippen molar-refractivity contribution in [2.45, 2.75) is 39.2 Å². The van der Waals surface area contributed by atoms with Crippen LogP contribution in [-0.4, -0.2) is 14.2 Å². The Bertz CT molecular complexity index is 3780. The summed E-state index contributed by atoms with van der Waals surface area (Å²) in [6.45, 7) is 8.94. The maximum absolute atomic E-state index is 6.34. The molecule has 3 aromatic heterocycles. The van der Waals surface area contributed by atoms with Crippen molar-refractivity contribution in [3.05, 3.63) is 229 Å². The average Bonchev–Trinajstić information content (AvgIpc) is 4.03. The first kappa shape index (κ1) is 42.0. The van der Waals surface area contributed by atoms with Gasteiger partial charge in [0.05, 0.1) is 28.1 Å². The Morgan fingerprint density at radius 2 is 1.03 bits per heavy atom. The lowest BCUT2D eigenvalue weighted by Crippen LogP contribution is -2.12. The van der Waals surface area contributed by atoms with E-state index in [1.165, 1.54) is 83.5 Å². The van der Waals surface area contributed by atoms with E-state index in [9.17, 15) is 0 Å². The Morgan fingerprint density at radius 1 is 0.493 bits per heavy atom. The number of aliphatic imine (C=N–C) groups is 1. The van der Waals surface area contributed by atoms with Crippen molar-refractivity contribution in [3.63, 3.8) is 0 Å². The van der Waals surface area contributed by atoms with Crippen LogP contribution in [0.1, 0.15) is 50.4 Å². The zero-order chi connectivity index (χ0) is 45.6. The lowest BCUT2D eigenvalue weighted by molar-refractivity contribution is 0.589. The molecule has 9 aromatic carbocycles. The molecule has 67 heavy (non-hydrogen) atoms. The Kier molecular flexibility index (Phi) is 10.8. The summed E-state index contributed by atoms with van der Waals surface area (Å²) in [6.07, 6.45) is 0. The second-order valence-corrected chi connectivity index (χ2v) is 18.8. The average molecular weight is 887 g/mol. The first-order valence-corrected chi connectivity index (χ1v) is 23.8. The smallest absolute Gasteiger partial charge is 0.135 e. The van der Waals surface area contributed by atoms with E-state index < -0.39 is 0 Å². The minimum atomic E-state index is -0.0696. The number of fused-ring (bicyclic) bond motifs is 9. The molecular weight excluding hydrogens is 837 g/mol. The molecule has 0 aliphatic carbocycles. The predicted molar refractivity (Wildman–Crippen MR) is 286 cm³/mol. The summed E-state index contributed by atoms with van der Waals surface area (Å²) in [4.78, 5) is 4.69. The summed E-state index contributed by atoms with van der Waals surface area (Å²) in [5.74, 6) is 0. The molecule has 0 saturated heterocycles. The van der Waals surface area contributed by atoms with Crippen molar-refractivity contribution in [1.82, 2.24) is 9.13 Å². The topological polar surface area (TPSA) is 61.4 Å². The molecule has 0 fully saturated rings. The molecule has 1 unspecified atom stereocenters. The molecule has 0 bridgehead atoms. The quantitative estimate of drug-likeness (QED) is 0.103. The van der Waals surface area contributed by atoms with Gasteiger partial charge in [-0.3, -0.25) is 10.1 Å². The maximum atomic E-state index is 6.34. The summed E-state index contributed by atoms with van der Waals surface area (Å²) in [7, 11) is 0. The number of nitrogens with two attached hydrogens (primary N) is 1. The van der Waals surface area contributed by atoms with Crippen LogP contribution in [0.15, 0.2) is 222 Å². The number of para-hydroxylation sites is 4. The van der Waals surface area contributed by atoms with E-state index >= 15 is 0 Å². The Balaban J connectivity index is 0.000000232. The van der Waals surface area contributed by atoms with Gasteiger partial charge < -0.3 is 13.6 Å². The normalized spacial score (nSPS) is 12.6. The largest absolute Gasteiger partial charge is 0.456 e. The highest BCUT2D eigenvalue weighted by Crippen LogP contribution is 2.43. The molecule has 1 atom stereocenters. The first-order chi connectivity index (χ1) is 32.7. The van der Waals surface area contributed by atoms with E-state index in [-0.39, 0.29) is 11.5 Å². The monoisotopic (exact) mass is 886 g/mol. The van der Waals surface area contributed by atoms with Gasteiger partial charge in [0.1, 0.15) is 16.2 Å². The second-order valence-electron chi connectivity index (χ2n) is 18.2. The van der Waals surface area contributed by atoms with Gasteiger partial charge in [-0.25, -0.2) is 0 Å². The first-order valence-electron chi connectivity index (χ1n) is 22.9. The summed E-state index contributed by atoms with van der Waals surface area (Å²) in [5, 5.41) is 13.9. The van der Waals surface area contributed by atoms with Gasteiger partial charge in [0.15, 0.2) is 0 Å². The zero-order valence-corrected chi connectivity index (χ0v) is 38.8. The van der Waals surface area contributed by atoms with Crippen molar-refractivity contribution in [3.8, 4) is 22.5 Å². The van der Waals surface area contributed by atoms with E-state index in [2.05, 4.69) is 195 Å². The summed E-state index contributed by atoms with van der Waals surface area (Å²) < 4.78 is 11.1. The molecule has 326 valence electrons. The van der Waals surface area contributed by atoms with Gasteiger partial charge in [-0.2, -0.15) is 0 Å². The number of furan rings is 1. The van der Waals surface area contributed by atoms with Gasteiger partial charge in [0.2, 0.25) is 0 Å². The molecule has 12 rings (SSSR count). The van der Waals surface area contributed by atoms with Crippen molar-refractivity contribution < 1.29 is 4.42 Å². The zero-order valence-electron chi connectivity index (χ0n) is 38.0. The highest BCUT2D eigenvalue weighted by molar-refractivity contribution is 8.12. The minimum absolute atomic E-state index is 0.0696. The number of nitrogens with zero attached hydrogens (tertiary/aromatic N) is 3. The molecule has 0 aliphatic heterocycles.